The van der Waals surface area contributed by atoms with E-state index in [0.717, 1.165) is 55.7 Å². The predicted molar refractivity (Wildman–Crippen MR) is 166 cm³/mol. The molecule has 230 valence electrons. The monoisotopic (exact) mass is 591 g/mol. The third-order valence-electron chi connectivity index (χ3n) is 9.69. The summed E-state index contributed by atoms with van der Waals surface area (Å²) in [6.45, 7) is 7.78. The van der Waals surface area contributed by atoms with E-state index < -0.39 is 23.3 Å². The minimum absolute atomic E-state index is 0.00442. The van der Waals surface area contributed by atoms with Crippen LogP contribution in [0.3, 0.4) is 0 Å². The van der Waals surface area contributed by atoms with Gasteiger partial charge in [-0.1, -0.05) is 36.4 Å². The topological polar surface area (TPSA) is 27.7 Å². The van der Waals surface area contributed by atoms with Gasteiger partial charge < -0.3 is 15.0 Å². The van der Waals surface area contributed by atoms with Crippen molar-refractivity contribution >= 4 is 5.69 Å². The largest absolute Gasteiger partial charge is 0.489 e. The molecule has 0 aliphatic carbocycles. The van der Waals surface area contributed by atoms with Crippen molar-refractivity contribution in [3.05, 3.63) is 94.6 Å². The van der Waals surface area contributed by atoms with E-state index in [9.17, 15) is 4.39 Å². The molecule has 7 heteroatoms. The molecule has 6 rings (SSSR count). The summed E-state index contributed by atoms with van der Waals surface area (Å²) >= 11 is 0. The highest BCUT2D eigenvalue weighted by Crippen LogP contribution is 2.43. The maximum absolute atomic E-state index is 16.1. The lowest BCUT2D eigenvalue weighted by Gasteiger charge is -2.43. The van der Waals surface area contributed by atoms with Crippen LogP contribution in [0, 0.1) is 17.0 Å². The van der Waals surface area contributed by atoms with Crippen molar-refractivity contribution in [3.8, 4) is 5.75 Å². The zero-order valence-corrected chi connectivity index (χ0v) is 25.5. The van der Waals surface area contributed by atoms with E-state index in [0.29, 0.717) is 36.4 Å². The molecule has 1 atom stereocenters. The fourth-order valence-corrected chi connectivity index (χ4v) is 7.42. The fourth-order valence-electron chi connectivity index (χ4n) is 7.42. The van der Waals surface area contributed by atoms with Gasteiger partial charge >= 0.3 is 0 Å². The number of piperidine rings is 1. The molecule has 3 heterocycles. The molecule has 4 nitrogen and oxygen atoms in total. The highest BCUT2D eigenvalue weighted by Gasteiger charge is 2.38. The van der Waals surface area contributed by atoms with Crippen LogP contribution in [-0.2, 0) is 13.0 Å². The van der Waals surface area contributed by atoms with Gasteiger partial charge in [0.1, 0.15) is 29.7 Å². The number of hydrogen-bond donors (Lipinski definition) is 1. The van der Waals surface area contributed by atoms with E-state index in [1.54, 1.807) is 0 Å². The van der Waals surface area contributed by atoms with E-state index in [4.69, 9.17) is 4.74 Å². The average Bonchev–Trinajstić information content (AvgIpc) is 3.22. The van der Waals surface area contributed by atoms with Crippen molar-refractivity contribution in [1.82, 2.24) is 10.2 Å². The maximum Gasteiger partial charge on any atom is 0.133 e. The lowest BCUT2D eigenvalue weighted by molar-refractivity contribution is 0.0972. The SMILES string of the molecule is CC(C)(F)CN1CCc2cc(OCc3ccccc3)ccc2C1c1c(F)cc(N2CCC3(CCCNCC3)CC2)cc1F. The standard InChI is InChI=1S/C36H44F3N3O/c1-35(2,39)25-42-18-11-27-21-29(43-24-26-7-4-3-5-8-26)9-10-30(27)34(42)33-31(37)22-28(23-32(33)38)41-19-14-36(15-20-41)12-6-16-40-17-13-36/h3-5,7-10,21-23,34,40H,6,11-20,24-25H2,1-2H3. The first kappa shape index (κ1) is 30.0. The minimum atomic E-state index is -1.52. The Hall–Kier alpha value is -3.03. The van der Waals surface area contributed by atoms with Crippen molar-refractivity contribution < 1.29 is 17.9 Å². The number of rotatable bonds is 7. The Kier molecular flexibility index (Phi) is 8.74. The lowest BCUT2D eigenvalue weighted by atomic mass is 9.73. The third kappa shape index (κ3) is 6.88. The fraction of sp³-hybridized carbons (Fsp3) is 0.500. The second-order valence-corrected chi connectivity index (χ2v) is 13.4. The molecule has 3 aliphatic rings. The number of benzene rings is 3. The summed E-state index contributed by atoms with van der Waals surface area (Å²) < 4.78 is 53.3. The number of fused-ring (bicyclic) bond motifs is 1. The molecule has 43 heavy (non-hydrogen) atoms. The number of halogens is 3. The Morgan fingerprint density at radius 2 is 1.65 bits per heavy atom. The van der Waals surface area contributed by atoms with Gasteiger partial charge in [-0.3, -0.25) is 4.90 Å². The summed E-state index contributed by atoms with van der Waals surface area (Å²) in [6, 6.07) is 17.9. The number of anilines is 1. The summed E-state index contributed by atoms with van der Waals surface area (Å²) in [5.74, 6) is -0.431. The molecular weight excluding hydrogens is 547 g/mol. The Labute approximate surface area is 254 Å². The summed E-state index contributed by atoms with van der Waals surface area (Å²) in [4.78, 5) is 4.02. The van der Waals surface area contributed by atoms with Gasteiger partial charge in [0, 0.05) is 37.4 Å². The first-order valence-corrected chi connectivity index (χ1v) is 15.9. The van der Waals surface area contributed by atoms with Crippen LogP contribution in [0.5, 0.6) is 5.75 Å². The van der Waals surface area contributed by atoms with Crippen LogP contribution in [0.1, 0.15) is 74.2 Å². The normalized spacial score (nSPS) is 21.0. The zero-order valence-electron chi connectivity index (χ0n) is 25.5. The molecule has 0 bridgehead atoms. The van der Waals surface area contributed by atoms with Crippen LogP contribution in [0.15, 0.2) is 60.7 Å². The van der Waals surface area contributed by atoms with Gasteiger partial charge in [-0.2, -0.15) is 0 Å². The molecule has 0 radical (unpaired) electrons. The Morgan fingerprint density at radius 1 is 0.907 bits per heavy atom. The van der Waals surface area contributed by atoms with E-state index in [2.05, 4.69) is 10.2 Å². The molecule has 3 aromatic carbocycles. The Morgan fingerprint density at radius 3 is 2.37 bits per heavy atom. The van der Waals surface area contributed by atoms with Crippen molar-refractivity contribution in [2.24, 2.45) is 5.41 Å². The van der Waals surface area contributed by atoms with E-state index in [-0.39, 0.29) is 12.1 Å². The quantitative estimate of drug-likeness (QED) is 0.306. The molecule has 2 saturated heterocycles. The lowest BCUT2D eigenvalue weighted by Crippen LogP contribution is -2.43. The van der Waals surface area contributed by atoms with Gasteiger partial charge in [0.05, 0.1) is 6.04 Å². The molecule has 2 fully saturated rings. The van der Waals surface area contributed by atoms with Crippen LogP contribution in [0.25, 0.3) is 0 Å². The summed E-state index contributed by atoms with van der Waals surface area (Å²) in [5, 5.41) is 3.51. The number of nitrogens with zero attached hydrogens (tertiary/aromatic N) is 2. The summed E-state index contributed by atoms with van der Waals surface area (Å²) in [6.07, 6.45) is 6.32. The second kappa shape index (κ2) is 12.5. The molecule has 1 N–H and O–H groups in total. The number of nitrogens with one attached hydrogen (secondary N) is 1. The van der Waals surface area contributed by atoms with Crippen LogP contribution in [0.4, 0.5) is 18.9 Å². The molecular formula is C36H44F3N3O. The Bertz CT molecular complexity index is 1370. The molecule has 1 spiro atoms. The molecule has 0 saturated carbocycles. The van der Waals surface area contributed by atoms with Gasteiger partial charge in [-0.25, -0.2) is 13.2 Å². The summed E-state index contributed by atoms with van der Waals surface area (Å²) in [7, 11) is 0. The number of ether oxygens (including phenoxy) is 1. The van der Waals surface area contributed by atoms with Gasteiger partial charge in [0.15, 0.2) is 0 Å². The van der Waals surface area contributed by atoms with Crippen LogP contribution in [-0.4, -0.2) is 49.8 Å². The van der Waals surface area contributed by atoms with Crippen LogP contribution in [0.2, 0.25) is 0 Å². The van der Waals surface area contributed by atoms with E-state index in [1.807, 2.05) is 53.4 Å². The zero-order chi connectivity index (χ0) is 30.0. The second-order valence-electron chi connectivity index (χ2n) is 13.4. The van der Waals surface area contributed by atoms with Crippen molar-refractivity contribution in [2.75, 3.05) is 44.2 Å². The maximum atomic E-state index is 16.1. The smallest absolute Gasteiger partial charge is 0.133 e. The van der Waals surface area contributed by atoms with Crippen molar-refractivity contribution in [2.45, 2.75) is 70.7 Å². The highest BCUT2D eigenvalue weighted by molar-refractivity contribution is 5.52. The Balaban J connectivity index is 1.26. The molecule has 3 aromatic rings. The van der Waals surface area contributed by atoms with E-state index >= 15 is 8.78 Å². The number of alkyl halides is 1. The minimum Gasteiger partial charge on any atom is -0.489 e. The molecule has 0 aromatic heterocycles. The third-order valence-corrected chi connectivity index (χ3v) is 9.69. The highest BCUT2D eigenvalue weighted by atomic mass is 19.1. The van der Waals surface area contributed by atoms with Gasteiger partial charge in [0.2, 0.25) is 0 Å². The average molecular weight is 592 g/mol. The number of hydrogen-bond acceptors (Lipinski definition) is 4. The van der Waals surface area contributed by atoms with E-state index in [1.165, 1.54) is 45.2 Å². The molecule has 1 unspecified atom stereocenters. The first-order chi connectivity index (χ1) is 20.7. The van der Waals surface area contributed by atoms with Crippen molar-refractivity contribution in [3.63, 3.8) is 0 Å². The van der Waals surface area contributed by atoms with Crippen LogP contribution < -0.4 is 15.0 Å². The summed E-state index contributed by atoms with van der Waals surface area (Å²) in [5.41, 5.74) is 2.26. The first-order valence-electron chi connectivity index (χ1n) is 15.9. The van der Waals surface area contributed by atoms with Gasteiger partial charge in [0.25, 0.3) is 0 Å². The van der Waals surface area contributed by atoms with Gasteiger partial charge in [-0.05, 0) is 112 Å². The molecule has 0 amide bonds. The van der Waals surface area contributed by atoms with Crippen molar-refractivity contribution in [1.29, 1.82) is 0 Å². The van der Waals surface area contributed by atoms with Crippen LogP contribution >= 0.6 is 0 Å². The predicted octanol–water partition coefficient (Wildman–Crippen LogP) is 7.60. The van der Waals surface area contributed by atoms with Gasteiger partial charge in [-0.15, -0.1) is 0 Å². The molecule has 3 aliphatic heterocycles.